The Hall–Kier alpha value is -2.09. The number of rotatable bonds is 19. The van der Waals surface area contributed by atoms with Crippen molar-refractivity contribution in [1.82, 2.24) is 15.1 Å². The predicted octanol–water partition coefficient (Wildman–Crippen LogP) is 15.4. The van der Waals surface area contributed by atoms with Gasteiger partial charge in [0.05, 0.1) is 27.1 Å². The SMILES string of the molecule is C.C.C.C.CC(=O)C(C)C(C)=O.CC(C)=O.CC(C)=O.CCC(C)C.CCC(C)CC.CCC(C)CN(C)C.CCC(C)CN(C)C.CCC(C)COC.CCC(O)C[N+](C)(C)C.CNC(C)=O.COCC(C)C. The van der Waals surface area contributed by atoms with Gasteiger partial charge in [0.1, 0.15) is 35.8 Å². The second kappa shape index (κ2) is 84.8. The number of methoxy groups -OCH3 is 2. The molecular weight excluding hydrogens is 929 g/mol. The number of hydrogen-bond donors (Lipinski definition) is 2. The summed E-state index contributed by atoms with van der Waals surface area (Å²) in [6, 6.07) is 0. The summed E-state index contributed by atoms with van der Waals surface area (Å²) in [5.41, 5.74) is 0. The van der Waals surface area contributed by atoms with E-state index in [-0.39, 0.29) is 64.9 Å². The van der Waals surface area contributed by atoms with Gasteiger partial charge in [-0.3, -0.25) is 14.4 Å². The number of Topliss-reactive ketones (excluding diaryl/α,β-unsaturated/α-hetero) is 4. The lowest BCUT2D eigenvalue weighted by molar-refractivity contribution is -0.873. The molecule has 0 saturated carbocycles. The maximum Gasteiger partial charge on any atom is 0.216 e. The van der Waals surface area contributed by atoms with Crippen molar-refractivity contribution >= 4 is 29.0 Å². The van der Waals surface area contributed by atoms with E-state index in [4.69, 9.17) is 9.47 Å². The fourth-order valence-corrected chi connectivity index (χ4v) is 3.58. The number of amides is 1. The molecule has 0 bridgehead atoms. The summed E-state index contributed by atoms with van der Waals surface area (Å²) in [6.45, 7) is 50.1. The number of quaternary nitrogens is 1. The summed E-state index contributed by atoms with van der Waals surface area (Å²) >= 11 is 0. The molecule has 0 fully saturated rings. The second-order valence-electron chi connectivity index (χ2n) is 21.2. The highest BCUT2D eigenvalue weighted by Crippen LogP contribution is 2.03. The van der Waals surface area contributed by atoms with Crippen LogP contribution in [0, 0.1) is 41.4 Å². The van der Waals surface area contributed by atoms with E-state index in [1.54, 1.807) is 28.2 Å². The average Bonchev–Trinajstić information content (AvgIpc) is 3.23. The van der Waals surface area contributed by atoms with Gasteiger partial charge in [-0.15, -0.1) is 0 Å². The molecule has 0 spiro atoms. The first-order valence-electron chi connectivity index (χ1n) is 26.6. The van der Waals surface area contributed by atoms with Crippen LogP contribution in [0.5, 0.6) is 0 Å². The first kappa shape index (κ1) is 112. The van der Waals surface area contributed by atoms with Gasteiger partial charge >= 0.3 is 0 Å². The third kappa shape index (κ3) is 198. The number of aliphatic hydroxyl groups excluding tert-OH is 1. The molecular formula is C62H149N4O8+. The van der Waals surface area contributed by atoms with Crippen molar-refractivity contribution in [2.75, 3.05) is 103 Å². The Bertz CT molecular complexity index is 994. The molecule has 464 valence electrons. The molecule has 0 aliphatic carbocycles. The quantitative estimate of drug-likeness (QED) is 0.0948. The number of aliphatic hydroxyl groups is 1. The van der Waals surface area contributed by atoms with Gasteiger partial charge in [-0.25, -0.2) is 0 Å². The minimum atomic E-state index is -0.407. The van der Waals surface area contributed by atoms with E-state index in [1.165, 1.54) is 100 Å². The van der Waals surface area contributed by atoms with E-state index in [0.717, 1.165) is 60.3 Å². The Morgan fingerprint density at radius 1 is 0.473 bits per heavy atom. The Morgan fingerprint density at radius 2 is 0.716 bits per heavy atom. The standard InChI is InChI=1S/C7H18NO.2C7H17N.C6H10O2.C6H14O.C6H14.C5H12O.C5H12.C3H7NO.2C3H6O.4CH4/c1-5-7(9)6-8(2,3)4;2*1-5-7(2)6-8(3)4;1-4(5(2)7)6(3)8;1-4-6(2)5-7-3;1-4-6(3)5-2;1-5(2)4-6-3;1-4-5(2)3;1-3(5)4-2;2*1-3(2)4;;;;/h7,9H,5-6H2,1-4H3;2*7H,5-6H2,1-4H3;4H,1-3H3;6H,4-5H2,1-3H3;6H,4-5H2,1-3H3;5H,4H2,1-3H3;5H,4H2,1-3H3;1-2H3,(H,4,5);2*1-2H3;4*1H4/q+1;;;;;;;;;;;;;;. The van der Waals surface area contributed by atoms with Crippen molar-refractivity contribution in [2.24, 2.45) is 41.4 Å². The number of carbonyl (C=O) groups excluding carboxylic acids is 5. The van der Waals surface area contributed by atoms with E-state index < -0.39 is 5.92 Å². The molecule has 0 heterocycles. The number of nitrogens with one attached hydrogen (secondary N) is 1. The molecule has 0 aromatic carbocycles. The lowest BCUT2D eigenvalue weighted by Crippen LogP contribution is -2.41. The first-order valence-corrected chi connectivity index (χ1v) is 26.6. The number of hydrogen-bond acceptors (Lipinski definition) is 10. The predicted molar refractivity (Wildman–Crippen MR) is 338 cm³/mol. The third-order valence-corrected chi connectivity index (χ3v) is 9.41. The smallest absolute Gasteiger partial charge is 0.216 e. The molecule has 0 rings (SSSR count). The van der Waals surface area contributed by atoms with E-state index in [9.17, 15) is 29.1 Å². The number of ether oxygens (including phenoxy) is 2. The molecule has 0 radical (unpaired) electrons. The lowest BCUT2D eigenvalue weighted by atomic mass is 10.0. The molecule has 12 heteroatoms. The van der Waals surface area contributed by atoms with Crippen LogP contribution in [0.4, 0.5) is 0 Å². The van der Waals surface area contributed by atoms with Crippen LogP contribution >= 0.6 is 0 Å². The molecule has 0 aromatic rings. The van der Waals surface area contributed by atoms with Crippen molar-refractivity contribution < 1.29 is 43.0 Å². The Morgan fingerprint density at radius 3 is 0.757 bits per heavy atom. The zero-order valence-electron chi connectivity index (χ0n) is 53.8. The second-order valence-corrected chi connectivity index (χ2v) is 21.2. The topological polar surface area (TPSA) is 143 Å². The van der Waals surface area contributed by atoms with Crippen LogP contribution in [0.2, 0.25) is 0 Å². The monoisotopic (exact) mass is 1080 g/mol. The fourth-order valence-electron chi connectivity index (χ4n) is 3.58. The van der Waals surface area contributed by atoms with Gasteiger partial charge in [0.15, 0.2) is 0 Å². The van der Waals surface area contributed by atoms with Gasteiger partial charge in [0, 0.05) is 54.5 Å². The molecule has 4 unspecified atom stereocenters. The molecule has 74 heavy (non-hydrogen) atoms. The van der Waals surface area contributed by atoms with E-state index in [2.05, 4.69) is 161 Å². The van der Waals surface area contributed by atoms with Crippen molar-refractivity contribution in [3.05, 3.63) is 0 Å². The molecule has 0 aliphatic rings. The lowest BCUT2D eigenvalue weighted by Gasteiger charge is -2.26. The molecule has 12 nitrogen and oxygen atoms in total. The average molecular weight is 1080 g/mol. The zero-order chi connectivity index (χ0) is 58.8. The van der Waals surface area contributed by atoms with Gasteiger partial charge in [0.2, 0.25) is 5.91 Å². The normalized spacial score (nSPS) is 10.9. The highest BCUT2D eigenvalue weighted by molar-refractivity contribution is 5.99. The van der Waals surface area contributed by atoms with Crippen LogP contribution in [0.1, 0.15) is 234 Å². The van der Waals surface area contributed by atoms with Crippen LogP contribution in [0.3, 0.4) is 0 Å². The van der Waals surface area contributed by atoms with Crippen molar-refractivity contribution in [3.8, 4) is 0 Å². The fraction of sp³-hybridized carbons (Fsp3) is 0.919. The summed E-state index contributed by atoms with van der Waals surface area (Å²) in [7, 11) is 19.8. The van der Waals surface area contributed by atoms with Crippen LogP contribution in [-0.2, 0) is 33.4 Å². The number of carbonyl (C=O) groups is 5. The van der Waals surface area contributed by atoms with Crippen LogP contribution < -0.4 is 5.32 Å². The van der Waals surface area contributed by atoms with E-state index >= 15 is 0 Å². The van der Waals surface area contributed by atoms with Gasteiger partial charge in [-0.2, -0.15) is 0 Å². The van der Waals surface area contributed by atoms with Crippen molar-refractivity contribution in [1.29, 1.82) is 0 Å². The minimum Gasteiger partial charge on any atom is -0.387 e. The highest BCUT2D eigenvalue weighted by Gasteiger charge is 2.12. The highest BCUT2D eigenvalue weighted by atomic mass is 16.5. The van der Waals surface area contributed by atoms with Gasteiger partial charge in [-0.05, 0) is 119 Å². The van der Waals surface area contributed by atoms with Crippen LogP contribution in [0.25, 0.3) is 0 Å². The number of likely N-dealkylation sites (N-methyl/N-ethyl adjacent to an activating group) is 1. The van der Waals surface area contributed by atoms with Gasteiger partial charge in [-0.1, -0.05) is 172 Å². The molecule has 0 aliphatic heterocycles. The summed E-state index contributed by atoms with van der Waals surface area (Å²) in [5.74, 6) is 4.74. The maximum absolute atomic E-state index is 10.4. The molecule has 0 aromatic heterocycles. The Kier molecular flexibility index (Phi) is 128. The molecule has 2 N–H and O–H groups in total. The molecule has 1 amide bonds. The molecule has 4 atom stereocenters. The Labute approximate surface area is 470 Å². The summed E-state index contributed by atoms with van der Waals surface area (Å²) in [6.07, 6.45) is 8.48. The Balaban J connectivity index is -0.0000000399. The number of nitrogens with zero attached hydrogens (tertiary/aromatic N) is 3. The van der Waals surface area contributed by atoms with E-state index in [1.807, 2.05) is 6.92 Å². The largest absolute Gasteiger partial charge is 0.387 e. The summed E-state index contributed by atoms with van der Waals surface area (Å²) < 4.78 is 10.5. The minimum absolute atomic E-state index is 0. The van der Waals surface area contributed by atoms with Gasteiger partial charge < -0.3 is 43.8 Å². The van der Waals surface area contributed by atoms with Gasteiger partial charge in [0.25, 0.3) is 0 Å². The molecule has 0 saturated heterocycles. The van der Waals surface area contributed by atoms with E-state index in [0.29, 0.717) is 5.92 Å². The van der Waals surface area contributed by atoms with Crippen molar-refractivity contribution in [2.45, 2.75) is 240 Å². The zero-order valence-corrected chi connectivity index (χ0v) is 53.8. The summed E-state index contributed by atoms with van der Waals surface area (Å²) in [4.78, 5) is 53.8. The van der Waals surface area contributed by atoms with Crippen LogP contribution in [0.15, 0.2) is 0 Å². The third-order valence-electron chi connectivity index (χ3n) is 9.41. The summed E-state index contributed by atoms with van der Waals surface area (Å²) in [5, 5.41) is 11.6. The maximum atomic E-state index is 10.4. The van der Waals surface area contributed by atoms with Crippen LogP contribution in [-0.4, -0.2) is 158 Å². The number of ketones is 4. The van der Waals surface area contributed by atoms with Crippen molar-refractivity contribution in [3.63, 3.8) is 0 Å². The first-order chi connectivity index (χ1) is 31.7.